The summed E-state index contributed by atoms with van der Waals surface area (Å²) >= 11 is 12.3. The first-order chi connectivity index (χ1) is 11.1. The molecule has 0 amide bonds. The number of benzene rings is 2. The van der Waals surface area contributed by atoms with Crippen molar-refractivity contribution in [3.63, 3.8) is 0 Å². The second kappa shape index (κ2) is 5.65. The number of hydrogen-bond acceptors (Lipinski definition) is 3. The van der Waals surface area contributed by atoms with Crippen LogP contribution in [0.5, 0.6) is 0 Å². The number of halogens is 2. The summed E-state index contributed by atoms with van der Waals surface area (Å²) in [5.74, 6) is 0. The molecule has 6 heteroatoms. The van der Waals surface area contributed by atoms with Crippen LogP contribution in [-0.2, 0) is 4.74 Å². The zero-order valence-electron chi connectivity index (χ0n) is 12.1. The molecule has 2 aromatic carbocycles. The van der Waals surface area contributed by atoms with Gasteiger partial charge in [-0.1, -0.05) is 23.2 Å². The Balaban J connectivity index is 2.04. The number of nitrogens with zero attached hydrogens (tertiary/aromatic N) is 1. The van der Waals surface area contributed by atoms with Gasteiger partial charge in [0.25, 0.3) is 0 Å². The molecular formula is C17H15Cl2NO3. The van der Waals surface area contributed by atoms with E-state index in [1.165, 1.54) is 0 Å². The van der Waals surface area contributed by atoms with Gasteiger partial charge >= 0.3 is 0 Å². The molecule has 1 aliphatic rings. The second-order valence-electron chi connectivity index (χ2n) is 5.86. The lowest BCUT2D eigenvalue weighted by molar-refractivity contribution is -0.113. The van der Waals surface area contributed by atoms with Crippen LogP contribution in [0.4, 0.5) is 0 Å². The molecule has 4 rings (SSSR count). The van der Waals surface area contributed by atoms with Gasteiger partial charge in [0, 0.05) is 31.9 Å². The van der Waals surface area contributed by atoms with Gasteiger partial charge < -0.3 is 19.5 Å². The highest BCUT2D eigenvalue weighted by Gasteiger charge is 2.34. The third-order valence-electron chi connectivity index (χ3n) is 4.42. The topological polar surface area (TPSA) is 54.6 Å². The Kier molecular flexibility index (Phi) is 3.75. The maximum absolute atomic E-state index is 10.4. The minimum Gasteiger partial charge on any atom is -0.388 e. The van der Waals surface area contributed by atoms with Gasteiger partial charge in [0.1, 0.15) is 12.2 Å². The molecular weight excluding hydrogens is 337 g/mol. The smallest absolute Gasteiger partial charge is 0.105 e. The summed E-state index contributed by atoms with van der Waals surface area (Å²) in [4.78, 5) is 0. The Morgan fingerprint density at radius 1 is 0.913 bits per heavy atom. The van der Waals surface area contributed by atoms with E-state index in [-0.39, 0.29) is 12.6 Å². The third-order valence-corrected chi connectivity index (χ3v) is 4.89. The average Bonchev–Trinajstić information content (AvgIpc) is 2.83. The Labute approximate surface area is 142 Å². The number of fused-ring (bicyclic) bond motifs is 3. The van der Waals surface area contributed by atoms with E-state index >= 15 is 0 Å². The Morgan fingerprint density at radius 3 is 2.04 bits per heavy atom. The number of rotatable bonds is 1. The van der Waals surface area contributed by atoms with E-state index in [4.69, 9.17) is 27.9 Å². The largest absolute Gasteiger partial charge is 0.388 e. The predicted molar refractivity (Wildman–Crippen MR) is 91.3 cm³/mol. The highest BCUT2D eigenvalue weighted by molar-refractivity contribution is 6.33. The van der Waals surface area contributed by atoms with E-state index in [9.17, 15) is 10.2 Å². The molecule has 2 heterocycles. The van der Waals surface area contributed by atoms with Crippen molar-refractivity contribution in [3.05, 3.63) is 46.4 Å². The molecule has 23 heavy (non-hydrogen) atoms. The SMILES string of the molecule is O[C@H]1[C@@H](O)COC[C@@H]1n1c2ccc(Cl)cc2c2cc(Cl)ccc21. The normalized spacial score (nSPS) is 25.3. The summed E-state index contributed by atoms with van der Waals surface area (Å²) < 4.78 is 7.46. The monoisotopic (exact) mass is 351 g/mol. The first kappa shape index (κ1) is 15.2. The van der Waals surface area contributed by atoms with Crippen molar-refractivity contribution in [1.29, 1.82) is 0 Å². The lowest BCUT2D eigenvalue weighted by Crippen LogP contribution is -2.44. The summed E-state index contributed by atoms with van der Waals surface area (Å²) in [7, 11) is 0. The highest BCUT2D eigenvalue weighted by Crippen LogP contribution is 2.37. The molecule has 3 atom stereocenters. The van der Waals surface area contributed by atoms with Crippen LogP contribution in [0.2, 0.25) is 10.0 Å². The molecule has 4 nitrogen and oxygen atoms in total. The minimum atomic E-state index is -0.902. The molecule has 1 saturated heterocycles. The molecule has 0 saturated carbocycles. The third kappa shape index (κ3) is 2.42. The van der Waals surface area contributed by atoms with Crippen LogP contribution >= 0.6 is 23.2 Å². The number of hydrogen-bond donors (Lipinski definition) is 2. The van der Waals surface area contributed by atoms with E-state index in [1.54, 1.807) is 0 Å². The number of aliphatic hydroxyl groups excluding tert-OH is 2. The fourth-order valence-corrected chi connectivity index (χ4v) is 3.69. The summed E-state index contributed by atoms with van der Waals surface area (Å²) in [5.41, 5.74) is 1.85. The van der Waals surface area contributed by atoms with Gasteiger partial charge in [-0.2, -0.15) is 0 Å². The summed E-state index contributed by atoms with van der Waals surface area (Å²) in [6.07, 6.45) is -1.80. The average molecular weight is 352 g/mol. The van der Waals surface area contributed by atoms with Gasteiger partial charge in [0.2, 0.25) is 0 Å². The van der Waals surface area contributed by atoms with E-state index in [2.05, 4.69) is 0 Å². The van der Waals surface area contributed by atoms with Gasteiger partial charge in [0.05, 0.1) is 19.3 Å². The van der Waals surface area contributed by atoms with Crippen molar-refractivity contribution < 1.29 is 14.9 Å². The van der Waals surface area contributed by atoms with E-state index < -0.39 is 12.2 Å². The van der Waals surface area contributed by atoms with E-state index in [0.29, 0.717) is 16.7 Å². The molecule has 120 valence electrons. The lowest BCUT2D eigenvalue weighted by Gasteiger charge is -2.33. The van der Waals surface area contributed by atoms with Crippen molar-refractivity contribution >= 4 is 45.0 Å². The number of aromatic nitrogens is 1. The van der Waals surface area contributed by atoms with Gasteiger partial charge in [-0.25, -0.2) is 0 Å². The maximum atomic E-state index is 10.4. The number of aliphatic hydroxyl groups is 2. The van der Waals surface area contributed by atoms with Crippen molar-refractivity contribution in [2.24, 2.45) is 0 Å². The van der Waals surface area contributed by atoms with Crippen molar-refractivity contribution in [2.75, 3.05) is 13.2 Å². The van der Waals surface area contributed by atoms with Crippen molar-refractivity contribution in [2.45, 2.75) is 18.2 Å². The summed E-state index contributed by atoms with van der Waals surface area (Å²) in [6.45, 7) is 0.481. The summed E-state index contributed by atoms with van der Waals surface area (Å²) in [6, 6.07) is 10.9. The molecule has 0 radical (unpaired) electrons. The van der Waals surface area contributed by atoms with Crippen LogP contribution in [0.15, 0.2) is 36.4 Å². The molecule has 0 aliphatic carbocycles. The van der Waals surface area contributed by atoms with E-state index in [1.807, 2.05) is 41.0 Å². The predicted octanol–water partition coefficient (Wildman–Crippen LogP) is 3.39. The zero-order valence-corrected chi connectivity index (χ0v) is 13.6. The first-order valence-corrected chi connectivity index (χ1v) is 8.14. The van der Waals surface area contributed by atoms with Crippen LogP contribution in [-0.4, -0.2) is 40.2 Å². The molecule has 1 aromatic heterocycles. The number of ether oxygens (including phenoxy) is 1. The molecule has 2 N–H and O–H groups in total. The quantitative estimate of drug-likeness (QED) is 0.706. The second-order valence-corrected chi connectivity index (χ2v) is 6.73. The first-order valence-electron chi connectivity index (χ1n) is 7.39. The van der Waals surface area contributed by atoms with Gasteiger partial charge in [0.15, 0.2) is 0 Å². The standard InChI is InChI=1S/C17H15Cl2NO3/c18-9-1-3-13-11(5-9)12-6-10(19)2-4-14(12)20(13)15-7-23-8-16(21)17(15)22/h1-6,15-17,21-22H,7-8H2/t15-,16-,17+/m0/s1. The molecule has 1 aliphatic heterocycles. The van der Waals surface area contributed by atoms with Crippen molar-refractivity contribution in [3.8, 4) is 0 Å². The molecule has 0 unspecified atom stereocenters. The molecule has 0 spiro atoms. The van der Waals surface area contributed by atoms with Gasteiger partial charge in [-0.05, 0) is 36.4 Å². The Morgan fingerprint density at radius 2 is 1.48 bits per heavy atom. The minimum absolute atomic E-state index is 0.145. The Hall–Kier alpha value is -1.30. The maximum Gasteiger partial charge on any atom is 0.105 e. The van der Waals surface area contributed by atoms with Crippen molar-refractivity contribution in [1.82, 2.24) is 4.57 Å². The molecule has 3 aromatic rings. The zero-order chi connectivity index (χ0) is 16.1. The van der Waals surface area contributed by atoms with Crippen LogP contribution in [0.1, 0.15) is 6.04 Å². The van der Waals surface area contributed by atoms with Gasteiger partial charge in [-0.3, -0.25) is 0 Å². The fourth-order valence-electron chi connectivity index (χ4n) is 3.35. The van der Waals surface area contributed by atoms with E-state index in [0.717, 1.165) is 21.8 Å². The van der Waals surface area contributed by atoms with Crippen LogP contribution in [0.3, 0.4) is 0 Å². The summed E-state index contributed by atoms with van der Waals surface area (Å²) in [5, 5.41) is 23.6. The van der Waals surface area contributed by atoms with Crippen LogP contribution in [0, 0.1) is 0 Å². The fraction of sp³-hybridized carbons (Fsp3) is 0.294. The van der Waals surface area contributed by atoms with Gasteiger partial charge in [-0.15, -0.1) is 0 Å². The highest BCUT2D eigenvalue weighted by atomic mass is 35.5. The lowest BCUT2D eigenvalue weighted by atomic mass is 10.0. The van der Waals surface area contributed by atoms with Crippen LogP contribution in [0.25, 0.3) is 21.8 Å². The van der Waals surface area contributed by atoms with Crippen LogP contribution < -0.4 is 0 Å². The Bertz CT molecular complexity index is 833. The molecule has 0 bridgehead atoms. The molecule has 1 fully saturated rings.